The topological polar surface area (TPSA) is 47.0 Å². The minimum absolute atomic E-state index is 0.00746. The van der Waals surface area contributed by atoms with E-state index in [2.05, 4.69) is 5.10 Å². The van der Waals surface area contributed by atoms with Crippen molar-refractivity contribution in [1.82, 2.24) is 9.78 Å². The second-order valence-electron chi connectivity index (χ2n) is 9.10. The summed E-state index contributed by atoms with van der Waals surface area (Å²) in [5.41, 5.74) is 0.864. The molecule has 36 heavy (non-hydrogen) atoms. The van der Waals surface area contributed by atoms with Gasteiger partial charge in [0.15, 0.2) is 0 Å². The van der Waals surface area contributed by atoms with Gasteiger partial charge < -0.3 is 4.74 Å². The molecule has 3 aromatic rings. The van der Waals surface area contributed by atoms with Gasteiger partial charge in [-0.25, -0.2) is 13.5 Å². The lowest BCUT2D eigenvalue weighted by molar-refractivity contribution is -0.143. The van der Waals surface area contributed by atoms with E-state index in [0.717, 1.165) is 10.5 Å². The zero-order chi connectivity index (χ0) is 25.9. The molecule has 1 heterocycles. The molecule has 1 saturated carbocycles. The van der Waals surface area contributed by atoms with E-state index >= 15 is 0 Å². The van der Waals surface area contributed by atoms with E-state index in [0.29, 0.717) is 10.2 Å². The number of aromatic amines is 1. The molecule has 2 atom stereocenters. The van der Waals surface area contributed by atoms with Crippen molar-refractivity contribution in [1.29, 1.82) is 0 Å². The highest BCUT2D eigenvalue weighted by Gasteiger charge is 2.44. The van der Waals surface area contributed by atoms with Crippen molar-refractivity contribution < 1.29 is 26.7 Å². The van der Waals surface area contributed by atoms with Gasteiger partial charge >= 0.3 is 6.18 Å². The molecule has 0 amide bonds. The normalized spacial score (nSPS) is 19.9. The highest BCUT2D eigenvalue weighted by Crippen LogP contribution is 2.46. The van der Waals surface area contributed by atoms with Crippen LogP contribution in [0.25, 0.3) is 11.1 Å². The number of rotatable bonds is 8. The van der Waals surface area contributed by atoms with Crippen LogP contribution in [0.1, 0.15) is 36.4 Å². The van der Waals surface area contributed by atoms with E-state index in [-0.39, 0.29) is 30.9 Å². The van der Waals surface area contributed by atoms with Crippen LogP contribution in [0.15, 0.2) is 64.3 Å². The monoisotopic (exact) mass is 526 g/mol. The molecular formula is C26H27F5N2O2S. The van der Waals surface area contributed by atoms with Crippen LogP contribution in [0.2, 0.25) is 0 Å². The van der Waals surface area contributed by atoms with Crippen LogP contribution in [0, 0.1) is 5.92 Å². The van der Waals surface area contributed by atoms with Crippen LogP contribution in [0.3, 0.4) is 0 Å². The molecule has 4 nitrogen and oxygen atoms in total. The number of benzene rings is 2. The van der Waals surface area contributed by atoms with Gasteiger partial charge in [0.25, 0.3) is 5.56 Å². The summed E-state index contributed by atoms with van der Waals surface area (Å²) >= 11 is 1.49. The number of alkyl halides is 5. The summed E-state index contributed by atoms with van der Waals surface area (Å²) in [5.74, 6) is -4.18. The highest BCUT2D eigenvalue weighted by molar-refractivity contribution is 7.98. The summed E-state index contributed by atoms with van der Waals surface area (Å²) in [6.07, 6.45) is -3.60. The molecule has 1 aromatic heterocycles. The first-order chi connectivity index (χ1) is 17.1. The maximum absolute atomic E-state index is 14.4. The quantitative estimate of drug-likeness (QED) is 0.258. The molecule has 4 rings (SSSR count). The summed E-state index contributed by atoms with van der Waals surface area (Å²) in [5, 5.41) is 2.65. The Hall–Kier alpha value is -2.59. The Balaban J connectivity index is 1.69. The van der Waals surface area contributed by atoms with Gasteiger partial charge in [0.2, 0.25) is 5.92 Å². The molecule has 1 fully saturated rings. The number of H-pyrrole nitrogens is 1. The number of ether oxygens (including phenoxy) is 1. The Kier molecular flexibility index (Phi) is 7.94. The number of hydrogen-bond acceptors (Lipinski definition) is 3. The van der Waals surface area contributed by atoms with E-state index < -0.39 is 48.9 Å². The maximum atomic E-state index is 14.4. The van der Waals surface area contributed by atoms with Crippen LogP contribution < -0.4 is 5.56 Å². The van der Waals surface area contributed by atoms with E-state index in [9.17, 15) is 26.7 Å². The number of thioether (sulfide) groups is 1. The van der Waals surface area contributed by atoms with Gasteiger partial charge in [0, 0.05) is 29.3 Å². The molecule has 1 N–H and O–H groups in total. The minimum atomic E-state index is -4.62. The molecule has 1 aliphatic carbocycles. The van der Waals surface area contributed by atoms with E-state index in [1.54, 1.807) is 24.3 Å². The summed E-state index contributed by atoms with van der Waals surface area (Å²) in [4.78, 5) is 14.1. The lowest BCUT2D eigenvalue weighted by Gasteiger charge is -2.36. The summed E-state index contributed by atoms with van der Waals surface area (Å²) in [6.45, 7) is -1.27. The first kappa shape index (κ1) is 26.5. The zero-order valence-electron chi connectivity index (χ0n) is 19.7. The number of nitrogens with zero attached hydrogens (tertiary/aromatic N) is 1. The Labute approximate surface area is 209 Å². The predicted molar refractivity (Wildman–Crippen MR) is 129 cm³/mol. The lowest BCUT2D eigenvalue weighted by Crippen LogP contribution is -2.34. The second kappa shape index (κ2) is 10.8. The van der Waals surface area contributed by atoms with Crippen molar-refractivity contribution in [2.24, 2.45) is 5.92 Å². The van der Waals surface area contributed by atoms with Gasteiger partial charge in [0.05, 0.1) is 18.8 Å². The van der Waals surface area contributed by atoms with Crippen molar-refractivity contribution in [3.05, 3.63) is 76.2 Å². The van der Waals surface area contributed by atoms with Gasteiger partial charge in [-0.2, -0.15) is 13.2 Å². The third-order valence-electron chi connectivity index (χ3n) is 6.47. The van der Waals surface area contributed by atoms with Crippen LogP contribution in [-0.4, -0.2) is 34.7 Å². The third-order valence-corrected chi connectivity index (χ3v) is 7.21. The van der Waals surface area contributed by atoms with Crippen molar-refractivity contribution in [2.45, 2.75) is 55.3 Å². The first-order valence-electron chi connectivity index (χ1n) is 11.6. The molecule has 194 valence electrons. The van der Waals surface area contributed by atoms with Gasteiger partial charge in [-0.3, -0.25) is 9.89 Å². The molecule has 2 aromatic carbocycles. The Bertz CT molecular complexity index is 1210. The van der Waals surface area contributed by atoms with Crippen molar-refractivity contribution in [2.75, 3.05) is 12.9 Å². The van der Waals surface area contributed by atoms with Crippen LogP contribution in [0.4, 0.5) is 22.0 Å². The highest BCUT2D eigenvalue weighted by atomic mass is 32.2. The molecule has 1 aliphatic rings. The van der Waals surface area contributed by atoms with Crippen LogP contribution in [-0.2, 0) is 17.9 Å². The Morgan fingerprint density at radius 1 is 1.11 bits per heavy atom. The van der Waals surface area contributed by atoms with Crippen molar-refractivity contribution >= 4 is 11.8 Å². The molecule has 0 radical (unpaired) electrons. The SMILES string of the molecule is CSc1ccc(-c2c(C3CCC(F)(F)CC3COCc3ccccc3)[nH]n(CC(F)(F)F)c2=O)cc1. The molecule has 0 saturated heterocycles. The number of nitrogens with one attached hydrogen (secondary N) is 1. The lowest BCUT2D eigenvalue weighted by atomic mass is 9.75. The average molecular weight is 527 g/mol. The molecular weight excluding hydrogens is 499 g/mol. The van der Waals surface area contributed by atoms with Gasteiger partial charge in [-0.05, 0) is 41.9 Å². The zero-order valence-corrected chi connectivity index (χ0v) is 20.5. The smallest absolute Gasteiger partial charge is 0.376 e. The van der Waals surface area contributed by atoms with E-state index in [4.69, 9.17) is 4.74 Å². The van der Waals surface area contributed by atoms with Crippen LogP contribution in [0.5, 0.6) is 0 Å². The van der Waals surface area contributed by atoms with Crippen molar-refractivity contribution in [3.63, 3.8) is 0 Å². The maximum Gasteiger partial charge on any atom is 0.408 e. The largest absolute Gasteiger partial charge is 0.408 e. The van der Waals surface area contributed by atoms with Gasteiger partial charge in [-0.1, -0.05) is 42.5 Å². The fourth-order valence-electron chi connectivity index (χ4n) is 4.79. The third kappa shape index (κ3) is 6.39. The number of hydrogen-bond donors (Lipinski definition) is 1. The summed E-state index contributed by atoms with van der Waals surface area (Å²) in [6, 6.07) is 16.2. The molecule has 0 aliphatic heterocycles. The van der Waals surface area contributed by atoms with E-state index in [1.165, 1.54) is 11.8 Å². The van der Waals surface area contributed by atoms with Gasteiger partial charge in [-0.15, -0.1) is 11.8 Å². The van der Waals surface area contributed by atoms with E-state index in [1.807, 2.05) is 36.6 Å². The number of halogens is 5. The van der Waals surface area contributed by atoms with Gasteiger partial charge in [0.1, 0.15) is 6.54 Å². The minimum Gasteiger partial charge on any atom is -0.376 e. The summed E-state index contributed by atoms with van der Waals surface area (Å²) in [7, 11) is 0. The first-order valence-corrected chi connectivity index (χ1v) is 12.8. The average Bonchev–Trinajstić information content (AvgIpc) is 3.13. The van der Waals surface area contributed by atoms with Crippen LogP contribution >= 0.6 is 11.8 Å². The summed E-state index contributed by atoms with van der Waals surface area (Å²) < 4.78 is 74.8. The second-order valence-corrected chi connectivity index (χ2v) is 9.98. The fourth-order valence-corrected chi connectivity index (χ4v) is 5.19. The molecule has 0 spiro atoms. The Morgan fingerprint density at radius 3 is 2.44 bits per heavy atom. The van der Waals surface area contributed by atoms with Crippen molar-refractivity contribution in [3.8, 4) is 11.1 Å². The Morgan fingerprint density at radius 2 is 1.81 bits per heavy atom. The number of aromatic nitrogens is 2. The molecule has 2 unspecified atom stereocenters. The molecule has 0 bridgehead atoms. The fraction of sp³-hybridized carbons (Fsp3) is 0.423. The molecule has 10 heteroatoms. The standard InChI is InChI=1S/C26H27F5N2O2S/c1-36-20-9-7-18(8-10-20)22-23(32-33(24(22)34)16-26(29,30)31)21-11-12-25(27,28)13-19(21)15-35-14-17-5-3-2-4-6-17/h2-10,19,21,32H,11-16H2,1H3. The predicted octanol–water partition coefficient (Wildman–Crippen LogP) is 6.86.